The number of nitrogen functional groups attached to an aromatic ring is 1. The number of aromatic nitrogens is 3. The zero-order chi connectivity index (χ0) is 14.9. The fraction of sp³-hybridized carbons (Fsp3) is 0.467. The molecule has 0 amide bonds. The van der Waals surface area contributed by atoms with Crippen LogP contribution in [0.1, 0.15) is 49.9 Å². The van der Waals surface area contributed by atoms with E-state index in [0.717, 1.165) is 11.0 Å². The number of thioether (sulfide) groups is 1. The van der Waals surface area contributed by atoms with Crippen molar-refractivity contribution < 1.29 is 0 Å². The molecular weight excluding hydrogens is 268 g/mol. The minimum atomic E-state index is 0.184. The van der Waals surface area contributed by atoms with Crippen LogP contribution in [0.2, 0.25) is 0 Å². The smallest absolute Gasteiger partial charge is 0.210 e. The molecule has 1 atom stereocenters. The molecule has 0 unspecified atom stereocenters. The van der Waals surface area contributed by atoms with Crippen LogP contribution >= 0.6 is 11.8 Å². The van der Waals surface area contributed by atoms with E-state index in [1.807, 2.05) is 6.92 Å². The van der Waals surface area contributed by atoms with Crippen LogP contribution in [0.3, 0.4) is 0 Å². The summed E-state index contributed by atoms with van der Waals surface area (Å²) >= 11 is 1.62. The summed E-state index contributed by atoms with van der Waals surface area (Å²) in [6.07, 6.45) is 0. The fourth-order valence-corrected chi connectivity index (χ4v) is 2.85. The van der Waals surface area contributed by atoms with Gasteiger partial charge in [-0.05, 0) is 30.4 Å². The Balaban J connectivity index is 2.13. The monoisotopic (exact) mass is 290 g/mol. The standard InChI is InChI=1S/C15H22N4S/c1-10(20-14-18-17-11(2)19(14)16)12-6-8-13(9-7-12)15(3,4)5/h6-10H,16H2,1-5H3/t10-/m0/s1. The maximum Gasteiger partial charge on any atom is 0.210 e. The van der Waals surface area contributed by atoms with Crippen LogP contribution in [0.15, 0.2) is 29.4 Å². The van der Waals surface area contributed by atoms with Crippen molar-refractivity contribution in [3.05, 3.63) is 41.2 Å². The molecule has 4 nitrogen and oxygen atoms in total. The number of rotatable bonds is 3. The van der Waals surface area contributed by atoms with E-state index < -0.39 is 0 Å². The van der Waals surface area contributed by atoms with E-state index in [1.54, 1.807) is 11.8 Å². The van der Waals surface area contributed by atoms with E-state index in [2.05, 4.69) is 62.2 Å². The Bertz CT molecular complexity index is 581. The highest BCUT2D eigenvalue weighted by Crippen LogP contribution is 2.34. The molecule has 0 fully saturated rings. The van der Waals surface area contributed by atoms with Gasteiger partial charge in [0.2, 0.25) is 5.16 Å². The van der Waals surface area contributed by atoms with Gasteiger partial charge in [-0.25, -0.2) is 4.68 Å². The first-order valence-electron chi connectivity index (χ1n) is 6.73. The van der Waals surface area contributed by atoms with Gasteiger partial charge in [0.25, 0.3) is 0 Å². The molecule has 2 N–H and O–H groups in total. The first kappa shape index (κ1) is 14.9. The minimum Gasteiger partial charge on any atom is -0.336 e. The molecule has 5 heteroatoms. The lowest BCUT2D eigenvalue weighted by Crippen LogP contribution is -2.12. The number of nitrogens with two attached hydrogens (primary N) is 1. The van der Waals surface area contributed by atoms with Crippen LogP contribution in [0, 0.1) is 6.92 Å². The van der Waals surface area contributed by atoms with E-state index in [-0.39, 0.29) is 10.7 Å². The summed E-state index contributed by atoms with van der Waals surface area (Å²) in [5, 5.41) is 9.10. The normalized spacial score (nSPS) is 13.4. The Morgan fingerprint density at radius 1 is 1.15 bits per heavy atom. The van der Waals surface area contributed by atoms with Crippen molar-refractivity contribution in [3.63, 3.8) is 0 Å². The van der Waals surface area contributed by atoms with Crippen LogP contribution in [0.5, 0.6) is 0 Å². The first-order chi connectivity index (χ1) is 9.29. The van der Waals surface area contributed by atoms with Gasteiger partial charge in [-0.15, -0.1) is 10.2 Å². The van der Waals surface area contributed by atoms with Crippen molar-refractivity contribution in [1.82, 2.24) is 14.9 Å². The second-order valence-corrected chi connectivity index (χ2v) is 7.34. The molecule has 0 radical (unpaired) electrons. The van der Waals surface area contributed by atoms with Gasteiger partial charge in [-0.1, -0.05) is 56.8 Å². The van der Waals surface area contributed by atoms with E-state index >= 15 is 0 Å². The summed E-state index contributed by atoms with van der Waals surface area (Å²) in [7, 11) is 0. The highest BCUT2D eigenvalue weighted by molar-refractivity contribution is 7.99. The van der Waals surface area contributed by atoms with Crippen LogP contribution in [0.25, 0.3) is 0 Å². The van der Waals surface area contributed by atoms with Gasteiger partial charge in [-0.3, -0.25) is 0 Å². The molecule has 20 heavy (non-hydrogen) atoms. The van der Waals surface area contributed by atoms with Crippen molar-refractivity contribution in [1.29, 1.82) is 0 Å². The van der Waals surface area contributed by atoms with Crippen LogP contribution in [-0.2, 0) is 5.41 Å². The molecule has 0 saturated heterocycles. The van der Waals surface area contributed by atoms with Gasteiger partial charge < -0.3 is 5.84 Å². The quantitative estimate of drug-likeness (QED) is 0.695. The van der Waals surface area contributed by atoms with Crippen LogP contribution in [0.4, 0.5) is 0 Å². The zero-order valence-electron chi connectivity index (χ0n) is 12.7. The van der Waals surface area contributed by atoms with Crippen LogP contribution in [-0.4, -0.2) is 14.9 Å². The van der Waals surface area contributed by atoms with Crippen LogP contribution < -0.4 is 5.84 Å². The molecule has 0 aliphatic rings. The predicted molar refractivity (Wildman–Crippen MR) is 84.3 cm³/mol. The van der Waals surface area contributed by atoms with Crippen molar-refractivity contribution in [2.45, 2.75) is 50.4 Å². The SMILES string of the molecule is Cc1nnc(S[C@@H](C)c2ccc(C(C)(C)C)cc2)n1N. The number of aryl methyl sites for hydroxylation is 1. The molecule has 108 valence electrons. The Hall–Kier alpha value is -1.49. The van der Waals surface area contributed by atoms with Gasteiger partial charge in [0.05, 0.1) is 0 Å². The van der Waals surface area contributed by atoms with Crippen molar-refractivity contribution >= 4 is 11.8 Å². The largest absolute Gasteiger partial charge is 0.336 e. The third-order valence-corrected chi connectivity index (χ3v) is 4.48. The van der Waals surface area contributed by atoms with E-state index in [9.17, 15) is 0 Å². The molecule has 1 aromatic heterocycles. The third kappa shape index (κ3) is 3.15. The molecular formula is C15H22N4S. The highest BCUT2D eigenvalue weighted by Gasteiger charge is 2.16. The molecule has 0 saturated carbocycles. The lowest BCUT2D eigenvalue weighted by atomic mass is 9.86. The van der Waals surface area contributed by atoms with E-state index in [0.29, 0.717) is 0 Å². The molecule has 1 aromatic carbocycles. The maximum atomic E-state index is 5.88. The molecule has 0 spiro atoms. The summed E-state index contributed by atoms with van der Waals surface area (Å²) in [4.78, 5) is 0. The second-order valence-electron chi connectivity index (χ2n) is 6.03. The van der Waals surface area contributed by atoms with Crippen molar-refractivity contribution in [3.8, 4) is 0 Å². The summed E-state index contributed by atoms with van der Waals surface area (Å²) in [5.41, 5.74) is 2.80. The van der Waals surface area contributed by atoms with Crippen molar-refractivity contribution in [2.75, 3.05) is 5.84 Å². The first-order valence-corrected chi connectivity index (χ1v) is 7.61. The summed E-state index contributed by atoms with van der Waals surface area (Å²) in [5.74, 6) is 6.61. The lowest BCUT2D eigenvalue weighted by Gasteiger charge is -2.20. The van der Waals surface area contributed by atoms with Gasteiger partial charge in [0, 0.05) is 5.25 Å². The molecule has 0 aliphatic carbocycles. The lowest BCUT2D eigenvalue weighted by molar-refractivity contribution is 0.590. The molecule has 0 bridgehead atoms. The predicted octanol–water partition coefficient (Wildman–Crippen LogP) is 3.45. The summed E-state index contributed by atoms with van der Waals surface area (Å²) in [6, 6.07) is 8.76. The van der Waals surface area contributed by atoms with E-state index in [1.165, 1.54) is 15.8 Å². The average Bonchev–Trinajstić information content (AvgIpc) is 2.70. The Labute approximate surface area is 124 Å². The maximum absolute atomic E-state index is 5.88. The van der Waals surface area contributed by atoms with Gasteiger partial charge in [-0.2, -0.15) is 0 Å². The zero-order valence-corrected chi connectivity index (χ0v) is 13.5. The molecule has 2 rings (SSSR count). The Morgan fingerprint density at radius 3 is 2.20 bits per heavy atom. The number of nitrogens with zero attached hydrogens (tertiary/aromatic N) is 3. The number of benzene rings is 1. The molecule has 2 aromatic rings. The molecule has 1 heterocycles. The van der Waals surface area contributed by atoms with Gasteiger partial charge in [0.15, 0.2) is 0 Å². The van der Waals surface area contributed by atoms with Crippen molar-refractivity contribution in [2.24, 2.45) is 0 Å². The molecule has 0 aliphatic heterocycles. The second kappa shape index (κ2) is 5.48. The number of hydrogen-bond donors (Lipinski definition) is 1. The van der Waals surface area contributed by atoms with Gasteiger partial charge >= 0.3 is 0 Å². The Kier molecular flexibility index (Phi) is 4.09. The summed E-state index contributed by atoms with van der Waals surface area (Å²) < 4.78 is 1.53. The van der Waals surface area contributed by atoms with Gasteiger partial charge in [0.1, 0.15) is 5.82 Å². The third-order valence-electron chi connectivity index (χ3n) is 3.36. The Morgan fingerprint density at radius 2 is 1.75 bits per heavy atom. The minimum absolute atomic E-state index is 0.184. The fourth-order valence-electron chi connectivity index (χ4n) is 1.91. The summed E-state index contributed by atoms with van der Waals surface area (Å²) in [6.45, 7) is 10.7. The topological polar surface area (TPSA) is 56.7 Å². The average molecular weight is 290 g/mol. The number of hydrogen-bond acceptors (Lipinski definition) is 4. The van der Waals surface area contributed by atoms with E-state index in [4.69, 9.17) is 5.84 Å². The highest BCUT2D eigenvalue weighted by atomic mass is 32.2.